The fourth-order valence-corrected chi connectivity index (χ4v) is 3.32. The molecule has 1 heterocycles. The van der Waals surface area contributed by atoms with Gasteiger partial charge in [0.25, 0.3) is 5.91 Å². The maximum Gasteiger partial charge on any atom is 0.267 e. The van der Waals surface area contributed by atoms with Crippen molar-refractivity contribution in [2.45, 2.75) is 13.3 Å². The average Bonchev–Trinajstić information content (AvgIpc) is 3.26. The molecule has 3 rings (SSSR count). The maximum atomic E-state index is 12.3. The molecule has 1 aromatic heterocycles. The number of nitrogens with zero attached hydrogens (tertiary/aromatic N) is 2. The Morgan fingerprint density at radius 1 is 1.17 bits per heavy atom. The van der Waals surface area contributed by atoms with Crippen LogP contribution in [0, 0.1) is 18.3 Å². The number of allylic oxidation sites excluding steroid dienone is 1. The monoisotopic (exact) mass is 493 g/mol. The Morgan fingerprint density at radius 3 is 2.54 bits per heavy atom. The first-order chi connectivity index (χ1) is 16.9. The van der Waals surface area contributed by atoms with Gasteiger partial charge >= 0.3 is 0 Å². The Hall–Kier alpha value is -4.22. The summed E-state index contributed by atoms with van der Waals surface area (Å²) in [7, 11) is 1.59. The number of nitrogens with one attached hydrogen (secondary N) is 1. The number of rotatable bonds is 11. The summed E-state index contributed by atoms with van der Waals surface area (Å²) < 4.78 is 21.8. The first kappa shape index (κ1) is 25.4. The van der Waals surface area contributed by atoms with Gasteiger partial charge in [0.2, 0.25) is 0 Å². The highest BCUT2D eigenvalue weighted by atomic mass is 35.5. The fraction of sp³-hybridized carbons (Fsp3) is 0.192. The van der Waals surface area contributed by atoms with Crippen molar-refractivity contribution in [2.24, 2.45) is 0 Å². The van der Waals surface area contributed by atoms with Crippen molar-refractivity contribution in [1.82, 2.24) is 5.16 Å². The van der Waals surface area contributed by atoms with Crippen LogP contribution in [0.2, 0.25) is 5.02 Å². The predicted molar refractivity (Wildman–Crippen MR) is 133 cm³/mol. The SMILES string of the molecule is C=CCc1ccc(OCCOc2ccc(C=C(C#N)C(=O)Nc3cc(C)on3)cc2Cl)c(OC)c1. The minimum absolute atomic E-state index is 0.114. The molecule has 0 spiro atoms. The van der Waals surface area contributed by atoms with Crippen LogP contribution in [0.3, 0.4) is 0 Å². The molecule has 0 fully saturated rings. The molecule has 3 aromatic rings. The van der Waals surface area contributed by atoms with Gasteiger partial charge in [0.1, 0.15) is 36.4 Å². The number of nitriles is 1. The van der Waals surface area contributed by atoms with Gasteiger partial charge in [0.15, 0.2) is 17.3 Å². The maximum absolute atomic E-state index is 12.3. The van der Waals surface area contributed by atoms with Gasteiger partial charge in [0.05, 0.1) is 12.1 Å². The number of aromatic nitrogens is 1. The molecule has 0 bridgehead atoms. The molecule has 0 radical (unpaired) electrons. The van der Waals surface area contributed by atoms with Gasteiger partial charge in [-0.05, 0) is 54.8 Å². The van der Waals surface area contributed by atoms with Gasteiger partial charge in [-0.1, -0.05) is 35.0 Å². The number of hydrogen-bond acceptors (Lipinski definition) is 7. The third kappa shape index (κ3) is 7.13. The number of amides is 1. The Labute approximate surface area is 208 Å². The topological polar surface area (TPSA) is 107 Å². The van der Waals surface area contributed by atoms with Gasteiger partial charge in [-0.15, -0.1) is 6.58 Å². The van der Waals surface area contributed by atoms with Crippen molar-refractivity contribution in [1.29, 1.82) is 5.26 Å². The van der Waals surface area contributed by atoms with Crippen LogP contribution in [0.5, 0.6) is 17.2 Å². The Morgan fingerprint density at radius 2 is 1.91 bits per heavy atom. The van der Waals surface area contributed by atoms with E-state index in [4.69, 9.17) is 30.3 Å². The van der Waals surface area contributed by atoms with E-state index in [-0.39, 0.29) is 24.6 Å². The highest BCUT2D eigenvalue weighted by Gasteiger charge is 2.13. The van der Waals surface area contributed by atoms with Crippen molar-refractivity contribution >= 4 is 29.4 Å². The molecule has 8 nitrogen and oxygen atoms in total. The number of ether oxygens (including phenoxy) is 3. The summed E-state index contributed by atoms with van der Waals surface area (Å²) >= 11 is 6.33. The molecule has 2 aromatic carbocycles. The van der Waals surface area contributed by atoms with E-state index in [0.29, 0.717) is 33.6 Å². The van der Waals surface area contributed by atoms with Crippen LogP contribution in [0.15, 0.2) is 65.2 Å². The first-order valence-corrected chi connectivity index (χ1v) is 11.0. The van der Waals surface area contributed by atoms with Gasteiger partial charge in [0, 0.05) is 6.07 Å². The normalized spacial score (nSPS) is 10.9. The number of aryl methyl sites for hydroxylation is 1. The summed E-state index contributed by atoms with van der Waals surface area (Å²) in [5, 5.41) is 15.9. The minimum Gasteiger partial charge on any atom is -0.493 e. The van der Waals surface area contributed by atoms with E-state index in [1.807, 2.05) is 30.3 Å². The third-order valence-electron chi connectivity index (χ3n) is 4.71. The molecule has 9 heteroatoms. The highest BCUT2D eigenvalue weighted by molar-refractivity contribution is 6.32. The number of methoxy groups -OCH3 is 1. The lowest BCUT2D eigenvalue weighted by molar-refractivity contribution is -0.112. The predicted octanol–water partition coefficient (Wildman–Crippen LogP) is 5.38. The van der Waals surface area contributed by atoms with Crippen molar-refractivity contribution in [3.63, 3.8) is 0 Å². The van der Waals surface area contributed by atoms with Crippen LogP contribution >= 0.6 is 11.6 Å². The molecular formula is C26H24ClN3O5. The van der Waals surface area contributed by atoms with E-state index in [9.17, 15) is 10.1 Å². The lowest BCUT2D eigenvalue weighted by Gasteiger charge is -2.13. The molecular weight excluding hydrogens is 470 g/mol. The van der Waals surface area contributed by atoms with Gasteiger partial charge in [-0.2, -0.15) is 5.26 Å². The van der Waals surface area contributed by atoms with Crippen LogP contribution in [0.1, 0.15) is 16.9 Å². The van der Waals surface area contributed by atoms with Gasteiger partial charge in [-0.3, -0.25) is 4.79 Å². The highest BCUT2D eigenvalue weighted by Crippen LogP contribution is 2.29. The smallest absolute Gasteiger partial charge is 0.267 e. The van der Waals surface area contributed by atoms with E-state index in [1.54, 1.807) is 38.3 Å². The molecule has 0 atom stereocenters. The molecule has 35 heavy (non-hydrogen) atoms. The summed E-state index contributed by atoms with van der Waals surface area (Å²) in [5.41, 5.74) is 1.52. The van der Waals surface area contributed by atoms with E-state index >= 15 is 0 Å². The minimum atomic E-state index is -0.609. The second-order valence-electron chi connectivity index (χ2n) is 7.31. The molecule has 0 aliphatic heterocycles. The van der Waals surface area contributed by atoms with Gasteiger partial charge in [-0.25, -0.2) is 0 Å². The van der Waals surface area contributed by atoms with E-state index in [1.165, 1.54) is 6.08 Å². The number of halogens is 1. The zero-order valence-electron chi connectivity index (χ0n) is 19.3. The van der Waals surface area contributed by atoms with E-state index in [2.05, 4.69) is 17.1 Å². The fourth-order valence-electron chi connectivity index (χ4n) is 3.08. The van der Waals surface area contributed by atoms with Crippen LogP contribution < -0.4 is 19.5 Å². The van der Waals surface area contributed by atoms with E-state index < -0.39 is 5.91 Å². The first-order valence-electron chi connectivity index (χ1n) is 10.6. The molecule has 1 amide bonds. The second-order valence-corrected chi connectivity index (χ2v) is 7.72. The summed E-state index contributed by atoms with van der Waals surface area (Å²) in [6.07, 6.45) is 3.98. The third-order valence-corrected chi connectivity index (χ3v) is 5.00. The summed E-state index contributed by atoms with van der Waals surface area (Å²) in [5.74, 6) is 1.84. The molecule has 180 valence electrons. The summed E-state index contributed by atoms with van der Waals surface area (Å²) in [6.45, 7) is 5.95. The van der Waals surface area contributed by atoms with Crippen molar-refractivity contribution in [3.8, 4) is 23.3 Å². The lowest BCUT2D eigenvalue weighted by Crippen LogP contribution is -2.13. The molecule has 0 aliphatic carbocycles. The van der Waals surface area contributed by atoms with Crippen molar-refractivity contribution in [3.05, 3.63) is 82.6 Å². The quantitative estimate of drug-likeness (QED) is 0.165. The van der Waals surface area contributed by atoms with E-state index in [0.717, 1.165) is 12.0 Å². The second kappa shape index (κ2) is 12.3. The van der Waals surface area contributed by atoms with Crippen LogP contribution in [-0.2, 0) is 11.2 Å². The van der Waals surface area contributed by atoms with Crippen LogP contribution in [-0.4, -0.2) is 31.4 Å². The molecule has 0 aliphatic rings. The molecule has 1 N–H and O–H groups in total. The zero-order chi connectivity index (χ0) is 25.2. The zero-order valence-corrected chi connectivity index (χ0v) is 20.1. The largest absolute Gasteiger partial charge is 0.493 e. The molecule has 0 unspecified atom stereocenters. The van der Waals surface area contributed by atoms with Crippen molar-refractivity contribution in [2.75, 3.05) is 25.6 Å². The number of hydrogen-bond donors (Lipinski definition) is 1. The summed E-state index contributed by atoms with van der Waals surface area (Å²) in [6, 6.07) is 14.1. The van der Waals surface area contributed by atoms with Crippen LogP contribution in [0.25, 0.3) is 6.08 Å². The van der Waals surface area contributed by atoms with Crippen molar-refractivity contribution < 1.29 is 23.5 Å². The Bertz CT molecular complexity index is 1280. The molecule has 0 saturated carbocycles. The molecule has 0 saturated heterocycles. The summed E-state index contributed by atoms with van der Waals surface area (Å²) in [4.78, 5) is 12.3. The number of carbonyl (C=O) groups excluding carboxylic acids is 1. The van der Waals surface area contributed by atoms with Crippen LogP contribution in [0.4, 0.5) is 5.82 Å². The lowest BCUT2D eigenvalue weighted by atomic mass is 10.1. The number of carbonyl (C=O) groups is 1. The average molecular weight is 494 g/mol. The Kier molecular flexibility index (Phi) is 8.93. The standard InChI is InChI=1S/C26H24ClN3O5/c1-4-5-18-6-9-23(24(15-18)32-3)34-11-10-33-22-8-7-19(14-21(22)27)13-20(16-28)26(31)29-25-12-17(2)35-30-25/h4,6-9,12-15H,1,5,10-11H2,2-3H3,(H,29,30,31). The van der Waals surface area contributed by atoms with Gasteiger partial charge < -0.3 is 24.1 Å². The number of anilines is 1. The number of benzene rings is 2. The Balaban J connectivity index is 1.57.